The number of hydrogen-bond donors (Lipinski definition) is 2. The molecule has 0 unspecified atom stereocenters. The van der Waals surface area contributed by atoms with E-state index in [4.69, 9.17) is 4.74 Å². The van der Waals surface area contributed by atoms with E-state index < -0.39 is 17.4 Å². The third-order valence-corrected chi connectivity index (χ3v) is 3.74. The van der Waals surface area contributed by atoms with E-state index in [-0.39, 0.29) is 5.92 Å². The van der Waals surface area contributed by atoms with Crippen molar-refractivity contribution >= 4 is 5.97 Å². The molecule has 1 fully saturated rings. The van der Waals surface area contributed by atoms with Gasteiger partial charge >= 0.3 is 5.97 Å². The predicted octanol–water partition coefficient (Wildman–Crippen LogP) is 2.12. The highest BCUT2D eigenvalue weighted by atomic mass is 16.7. The lowest BCUT2D eigenvalue weighted by atomic mass is 9.82. The quantitative estimate of drug-likeness (QED) is 0.862. The van der Waals surface area contributed by atoms with E-state index in [2.05, 4.69) is 0 Å². The SMILES string of the molecule is CC[C@@]1(O)C[C@H](C)[C@@](C(=O)O)(c2ccccc2)O1. The molecule has 1 aromatic rings. The Balaban J connectivity index is 2.50. The van der Waals surface area contributed by atoms with Crippen molar-refractivity contribution in [2.75, 3.05) is 0 Å². The average molecular weight is 250 g/mol. The second-order valence-electron chi connectivity index (χ2n) is 4.91. The van der Waals surface area contributed by atoms with Crippen molar-refractivity contribution < 1.29 is 19.7 Å². The number of carboxylic acids is 1. The number of benzene rings is 1. The molecule has 3 atom stereocenters. The van der Waals surface area contributed by atoms with E-state index in [0.717, 1.165) is 0 Å². The summed E-state index contributed by atoms with van der Waals surface area (Å²) in [6, 6.07) is 8.83. The Hall–Kier alpha value is -1.39. The number of carbonyl (C=O) groups is 1. The molecule has 0 bridgehead atoms. The number of rotatable bonds is 3. The van der Waals surface area contributed by atoms with Crippen molar-refractivity contribution in [2.24, 2.45) is 5.92 Å². The maximum absolute atomic E-state index is 11.7. The Morgan fingerprint density at radius 2 is 2.06 bits per heavy atom. The smallest absolute Gasteiger partial charge is 0.341 e. The highest BCUT2D eigenvalue weighted by Gasteiger charge is 2.58. The van der Waals surface area contributed by atoms with Gasteiger partial charge in [0.1, 0.15) is 0 Å². The average Bonchev–Trinajstić information content (AvgIpc) is 2.64. The van der Waals surface area contributed by atoms with E-state index in [9.17, 15) is 15.0 Å². The van der Waals surface area contributed by atoms with Crippen LogP contribution in [0.15, 0.2) is 30.3 Å². The van der Waals surface area contributed by atoms with Gasteiger partial charge in [-0.2, -0.15) is 0 Å². The van der Waals surface area contributed by atoms with Gasteiger partial charge in [0, 0.05) is 12.3 Å². The van der Waals surface area contributed by atoms with Crippen LogP contribution in [0.4, 0.5) is 0 Å². The first-order valence-electron chi connectivity index (χ1n) is 6.16. The molecule has 98 valence electrons. The molecule has 0 aromatic heterocycles. The van der Waals surface area contributed by atoms with Crippen molar-refractivity contribution in [1.29, 1.82) is 0 Å². The highest BCUT2D eigenvalue weighted by Crippen LogP contribution is 2.49. The van der Waals surface area contributed by atoms with Gasteiger partial charge < -0.3 is 14.9 Å². The van der Waals surface area contributed by atoms with Gasteiger partial charge in [-0.3, -0.25) is 0 Å². The van der Waals surface area contributed by atoms with Crippen LogP contribution in [0.3, 0.4) is 0 Å². The van der Waals surface area contributed by atoms with Crippen LogP contribution in [-0.4, -0.2) is 22.0 Å². The predicted molar refractivity (Wildman–Crippen MR) is 65.9 cm³/mol. The first-order chi connectivity index (χ1) is 8.44. The Labute approximate surface area is 106 Å². The summed E-state index contributed by atoms with van der Waals surface area (Å²) in [6.45, 7) is 3.59. The number of aliphatic hydroxyl groups is 1. The fourth-order valence-electron chi connectivity index (χ4n) is 2.69. The zero-order valence-electron chi connectivity index (χ0n) is 10.6. The molecule has 1 aromatic carbocycles. The molecule has 2 rings (SSSR count). The number of hydrogen-bond acceptors (Lipinski definition) is 3. The van der Waals surface area contributed by atoms with Gasteiger partial charge in [0.05, 0.1) is 0 Å². The minimum atomic E-state index is -1.45. The fraction of sp³-hybridized carbons (Fsp3) is 0.500. The molecule has 0 saturated carbocycles. The van der Waals surface area contributed by atoms with Gasteiger partial charge in [0.15, 0.2) is 11.4 Å². The van der Waals surface area contributed by atoms with E-state index in [1.54, 1.807) is 38.1 Å². The van der Waals surface area contributed by atoms with E-state index in [1.807, 2.05) is 6.07 Å². The zero-order chi connectivity index (χ0) is 13.4. The lowest BCUT2D eigenvalue weighted by Gasteiger charge is -2.30. The highest BCUT2D eigenvalue weighted by molar-refractivity contribution is 5.80. The van der Waals surface area contributed by atoms with Crippen LogP contribution in [0, 0.1) is 5.92 Å². The Kier molecular flexibility index (Phi) is 3.17. The Bertz CT molecular complexity index is 444. The second kappa shape index (κ2) is 4.37. The van der Waals surface area contributed by atoms with Crippen molar-refractivity contribution in [3.05, 3.63) is 35.9 Å². The summed E-state index contributed by atoms with van der Waals surface area (Å²) in [5.41, 5.74) is -0.874. The van der Waals surface area contributed by atoms with Crippen molar-refractivity contribution in [2.45, 2.75) is 38.1 Å². The molecule has 4 heteroatoms. The first kappa shape index (κ1) is 13.1. The van der Waals surface area contributed by atoms with Crippen LogP contribution in [-0.2, 0) is 15.1 Å². The summed E-state index contributed by atoms with van der Waals surface area (Å²) in [6.07, 6.45) is 0.698. The zero-order valence-corrected chi connectivity index (χ0v) is 10.6. The Morgan fingerprint density at radius 3 is 2.50 bits per heavy atom. The van der Waals surface area contributed by atoms with Crippen molar-refractivity contribution in [3.63, 3.8) is 0 Å². The molecule has 1 aliphatic heterocycles. The molecule has 1 saturated heterocycles. The molecule has 4 nitrogen and oxygen atoms in total. The molecule has 2 N–H and O–H groups in total. The van der Waals surface area contributed by atoms with E-state index in [0.29, 0.717) is 18.4 Å². The maximum atomic E-state index is 11.7. The van der Waals surface area contributed by atoms with E-state index >= 15 is 0 Å². The third-order valence-electron chi connectivity index (χ3n) is 3.74. The standard InChI is InChI=1S/C14H18O4/c1-3-13(17)9-10(2)14(18-13,12(15)16)11-7-5-4-6-8-11/h4-8,10,17H,3,9H2,1-2H3,(H,15,16)/t10-,13-,14-/m0/s1. The minimum absolute atomic E-state index is 0.289. The normalized spacial score (nSPS) is 35.6. The number of aliphatic carboxylic acids is 1. The Morgan fingerprint density at radius 1 is 1.44 bits per heavy atom. The van der Waals surface area contributed by atoms with Crippen molar-refractivity contribution in [1.82, 2.24) is 0 Å². The molecular weight excluding hydrogens is 232 g/mol. The van der Waals surface area contributed by atoms with Crippen LogP contribution in [0.25, 0.3) is 0 Å². The van der Waals surface area contributed by atoms with Gasteiger partial charge in [0.25, 0.3) is 0 Å². The maximum Gasteiger partial charge on any atom is 0.341 e. The molecule has 1 heterocycles. The fourth-order valence-corrected chi connectivity index (χ4v) is 2.69. The van der Waals surface area contributed by atoms with E-state index in [1.165, 1.54) is 0 Å². The molecule has 0 aliphatic carbocycles. The molecule has 0 radical (unpaired) electrons. The van der Waals surface area contributed by atoms with Crippen molar-refractivity contribution in [3.8, 4) is 0 Å². The molecule has 18 heavy (non-hydrogen) atoms. The molecule has 1 aliphatic rings. The second-order valence-corrected chi connectivity index (χ2v) is 4.91. The van der Waals surface area contributed by atoms with Crippen LogP contribution < -0.4 is 0 Å². The van der Waals surface area contributed by atoms with Gasteiger partial charge in [-0.15, -0.1) is 0 Å². The largest absolute Gasteiger partial charge is 0.479 e. The van der Waals surface area contributed by atoms with Crippen LogP contribution in [0.1, 0.15) is 32.3 Å². The summed E-state index contributed by atoms with van der Waals surface area (Å²) >= 11 is 0. The third kappa shape index (κ3) is 1.82. The van der Waals surface area contributed by atoms with Gasteiger partial charge in [-0.1, -0.05) is 44.2 Å². The molecular formula is C14H18O4. The summed E-state index contributed by atoms with van der Waals surface area (Å²) in [4.78, 5) is 11.7. The monoisotopic (exact) mass is 250 g/mol. The number of carboxylic acid groups (broad SMARTS) is 1. The van der Waals surface area contributed by atoms with Crippen LogP contribution >= 0.6 is 0 Å². The van der Waals surface area contributed by atoms with Crippen LogP contribution in [0.2, 0.25) is 0 Å². The molecule has 0 spiro atoms. The number of ether oxygens (including phenoxy) is 1. The topological polar surface area (TPSA) is 66.8 Å². The first-order valence-corrected chi connectivity index (χ1v) is 6.16. The lowest BCUT2D eigenvalue weighted by Crippen LogP contribution is -2.42. The summed E-state index contributed by atoms with van der Waals surface area (Å²) < 4.78 is 5.60. The molecule has 0 amide bonds. The van der Waals surface area contributed by atoms with Gasteiger partial charge in [-0.05, 0) is 12.0 Å². The van der Waals surface area contributed by atoms with Gasteiger partial charge in [0.2, 0.25) is 0 Å². The summed E-state index contributed by atoms with van der Waals surface area (Å²) in [5.74, 6) is -2.69. The summed E-state index contributed by atoms with van der Waals surface area (Å²) in [5, 5.41) is 19.8. The van der Waals surface area contributed by atoms with Gasteiger partial charge in [-0.25, -0.2) is 4.79 Å². The summed E-state index contributed by atoms with van der Waals surface area (Å²) in [7, 11) is 0. The van der Waals surface area contributed by atoms with Crippen LogP contribution in [0.5, 0.6) is 0 Å². The lowest BCUT2D eigenvalue weighted by molar-refractivity contribution is -0.236. The minimum Gasteiger partial charge on any atom is -0.479 e.